The normalized spacial score (nSPS) is 10.2. The van der Waals surface area contributed by atoms with Gasteiger partial charge in [-0.1, -0.05) is 110 Å². The second-order valence-electron chi connectivity index (χ2n) is 7.66. The fourth-order valence-electron chi connectivity index (χ4n) is 3.09. The molecule has 0 rings (SSSR count). The molecule has 3 heteroatoms. The standard InChI is InChI=1S/C20H43N.C5H8O2/c1-3-5-7-9-11-13-15-17-19-21-20-18-16-14-12-10-8-6-4-2;1-3-5(6)7-4-2/h21H,3-20H2,1-2H3;3H,1,4H2,2H3. The SMILES string of the molecule is C=CC(=O)OCC.CCCCCCCCCCNCCCCCCCCCC. The van der Waals surface area contributed by atoms with Crippen LogP contribution in [0.4, 0.5) is 0 Å². The highest BCUT2D eigenvalue weighted by molar-refractivity contribution is 5.81. The van der Waals surface area contributed by atoms with E-state index in [0.29, 0.717) is 6.61 Å². The molecule has 0 heterocycles. The zero-order chi connectivity index (χ0) is 21.1. The van der Waals surface area contributed by atoms with Crippen LogP contribution in [0.25, 0.3) is 0 Å². The fourth-order valence-corrected chi connectivity index (χ4v) is 3.09. The zero-order valence-electron chi connectivity index (χ0n) is 19.5. The van der Waals surface area contributed by atoms with Gasteiger partial charge in [0.25, 0.3) is 0 Å². The van der Waals surface area contributed by atoms with E-state index in [4.69, 9.17) is 0 Å². The van der Waals surface area contributed by atoms with Gasteiger partial charge >= 0.3 is 5.97 Å². The van der Waals surface area contributed by atoms with Crippen LogP contribution in [0.2, 0.25) is 0 Å². The van der Waals surface area contributed by atoms with Crippen molar-refractivity contribution in [3.63, 3.8) is 0 Å². The van der Waals surface area contributed by atoms with Crippen molar-refractivity contribution in [2.45, 2.75) is 124 Å². The Morgan fingerprint density at radius 3 is 1.32 bits per heavy atom. The largest absolute Gasteiger partial charge is 0.463 e. The minimum atomic E-state index is -0.359. The third kappa shape index (κ3) is 29.9. The molecule has 0 aromatic carbocycles. The molecule has 0 fully saturated rings. The van der Waals surface area contributed by atoms with E-state index in [1.807, 2.05) is 0 Å². The molecular formula is C25H51NO2. The van der Waals surface area contributed by atoms with E-state index in [0.717, 1.165) is 6.08 Å². The van der Waals surface area contributed by atoms with E-state index in [2.05, 4.69) is 30.5 Å². The summed E-state index contributed by atoms with van der Waals surface area (Å²) < 4.78 is 4.43. The summed E-state index contributed by atoms with van der Waals surface area (Å²) in [6.07, 6.45) is 24.0. The summed E-state index contributed by atoms with van der Waals surface area (Å²) in [7, 11) is 0. The van der Waals surface area contributed by atoms with E-state index < -0.39 is 0 Å². The minimum absolute atomic E-state index is 0.359. The third-order valence-electron chi connectivity index (χ3n) is 4.87. The number of carbonyl (C=O) groups is 1. The summed E-state index contributed by atoms with van der Waals surface area (Å²) in [6.45, 7) is 12.4. The number of hydrogen-bond donors (Lipinski definition) is 1. The van der Waals surface area contributed by atoms with Crippen molar-refractivity contribution in [2.24, 2.45) is 0 Å². The third-order valence-corrected chi connectivity index (χ3v) is 4.87. The highest BCUT2D eigenvalue weighted by Gasteiger charge is 1.93. The lowest BCUT2D eigenvalue weighted by Gasteiger charge is -2.05. The number of ether oxygens (including phenoxy) is 1. The molecule has 0 saturated heterocycles. The lowest BCUT2D eigenvalue weighted by molar-refractivity contribution is -0.137. The number of rotatable bonds is 20. The molecule has 0 aliphatic rings. The van der Waals surface area contributed by atoms with Gasteiger partial charge in [-0.3, -0.25) is 0 Å². The van der Waals surface area contributed by atoms with Crippen LogP contribution in [-0.4, -0.2) is 25.7 Å². The van der Waals surface area contributed by atoms with Gasteiger partial charge in [-0.25, -0.2) is 4.79 Å². The zero-order valence-corrected chi connectivity index (χ0v) is 19.5. The van der Waals surface area contributed by atoms with Gasteiger partial charge in [-0.2, -0.15) is 0 Å². The van der Waals surface area contributed by atoms with Crippen LogP contribution in [0.1, 0.15) is 124 Å². The highest BCUT2D eigenvalue weighted by atomic mass is 16.5. The molecule has 3 nitrogen and oxygen atoms in total. The molecule has 0 unspecified atom stereocenters. The Morgan fingerprint density at radius 1 is 0.679 bits per heavy atom. The van der Waals surface area contributed by atoms with Gasteiger partial charge in [0.1, 0.15) is 0 Å². The van der Waals surface area contributed by atoms with Gasteiger partial charge in [0.2, 0.25) is 0 Å². The van der Waals surface area contributed by atoms with Gasteiger partial charge in [0.05, 0.1) is 6.61 Å². The second kappa shape index (κ2) is 28.4. The molecule has 28 heavy (non-hydrogen) atoms. The van der Waals surface area contributed by atoms with Crippen LogP contribution in [0.15, 0.2) is 12.7 Å². The first-order valence-electron chi connectivity index (χ1n) is 12.2. The summed E-state index contributed by atoms with van der Waals surface area (Å²) >= 11 is 0. The second-order valence-corrected chi connectivity index (χ2v) is 7.66. The Labute approximate surface area is 177 Å². The van der Waals surface area contributed by atoms with Crippen LogP contribution in [0.5, 0.6) is 0 Å². The van der Waals surface area contributed by atoms with Gasteiger partial charge in [-0.05, 0) is 32.9 Å². The number of unbranched alkanes of at least 4 members (excludes halogenated alkanes) is 14. The number of nitrogens with one attached hydrogen (secondary N) is 1. The Kier molecular flexibility index (Phi) is 29.8. The first kappa shape index (κ1) is 29.4. The molecule has 0 amide bonds. The molecule has 0 aliphatic carbocycles. The molecule has 0 atom stereocenters. The van der Waals surface area contributed by atoms with Crippen molar-refractivity contribution < 1.29 is 9.53 Å². The number of esters is 1. The van der Waals surface area contributed by atoms with Crippen LogP contribution < -0.4 is 5.32 Å². The molecular weight excluding hydrogens is 346 g/mol. The number of hydrogen-bond acceptors (Lipinski definition) is 3. The smallest absolute Gasteiger partial charge is 0.330 e. The summed E-state index contributed by atoms with van der Waals surface area (Å²) in [5.41, 5.74) is 0. The predicted molar refractivity (Wildman–Crippen MR) is 125 cm³/mol. The van der Waals surface area contributed by atoms with Crippen LogP contribution in [0.3, 0.4) is 0 Å². The van der Waals surface area contributed by atoms with Gasteiger partial charge in [0, 0.05) is 6.08 Å². The predicted octanol–water partition coefficient (Wildman–Crippen LogP) is 7.59. The molecule has 168 valence electrons. The topological polar surface area (TPSA) is 38.3 Å². The lowest BCUT2D eigenvalue weighted by Crippen LogP contribution is -2.16. The van der Waals surface area contributed by atoms with Crippen molar-refractivity contribution >= 4 is 5.97 Å². The maximum Gasteiger partial charge on any atom is 0.330 e. The van der Waals surface area contributed by atoms with Gasteiger partial charge < -0.3 is 10.1 Å². The van der Waals surface area contributed by atoms with E-state index in [1.165, 1.54) is 116 Å². The van der Waals surface area contributed by atoms with E-state index in [-0.39, 0.29) is 5.97 Å². The molecule has 0 spiro atoms. The van der Waals surface area contributed by atoms with Crippen LogP contribution in [0, 0.1) is 0 Å². The van der Waals surface area contributed by atoms with E-state index in [1.54, 1.807) is 6.92 Å². The van der Waals surface area contributed by atoms with Crippen molar-refractivity contribution in [1.82, 2.24) is 5.32 Å². The van der Waals surface area contributed by atoms with Gasteiger partial charge in [-0.15, -0.1) is 0 Å². The highest BCUT2D eigenvalue weighted by Crippen LogP contribution is 2.09. The molecule has 0 aromatic rings. The summed E-state index contributed by atoms with van der Waals surface area (Å²) in [4.78, 5) is 10.1. The van der Waals surface area contributed by atoms with Crippen LogP contribution >= 0.6 is 0 Å². The molecule has 0 bridgehead atoms. The first-order valence-corrected chi connectivity index (χ1v) is 12.2. The van der Waals surface area contributed by atoms with Gasteiger partial charge in [0.15, 0.2) is 0 Å². The van der Waals surface area contributed by atoms with E-state index in [9.17, 15) is 4.79 Å². The average molecular weight is 398 g/mol. The maximum absolute atomic E-state index is 10.1. The summed E-state index contributed by atoms with van der Waals surface area (Å²) in [6, 6.07) is 0. The monoisotopic (exact) mass is 397 g/mol. The van der Waals surface area contributed by atoms with Crippen molar-refractivity contribution in [1.29, 1.82) is 0 Å². The molecule has 0 aromatic heterocycles. The average Bonchev–Trinajstić information content (AvgIpc) is 2.71. The van der Waals surface area contributed by atoms with Crippen molar-refractivity contribution in [3.05, 3.63) is 12.7 Å². The summed E-state index contributed by atoms with van der Waals surface area (Å²) in [5.74, 6) is -0.359. The Bertz CT molecular complexity index is 287. The Hall–Kier alpha value is -0.830. The maximum atomic E-state index is 10.1. The number of carbonyl (C=O) groups excluding carboxylic acids is 1. The molecule has 0 radical (unpaired) electrons. The Balaban J connectivity index is 0. The first-order chi connectivity index (χ1) is 13.7. The lowest BCUT2D eigenvalue weighted by atomic mass is 10.1. The minimum Gasteiger partial charge on any atom is -0.463 e. The quantitative estimate of drug-likeness (QED) is 0.131. The van der Waals surface area contributed by atoms with Crippen molar-refractivity contribution in [2.75, 3.05) is 19.7 Å². The van der Waals surface area contributed by atoms with Crippen LogP contribution in [-0.2, 0) is 9.53 Å². The van der Waals surface area contributed by atoms with E-state index >= 15 is 0 Å². The summed E-state index contributed by atoms with van der Waals surface area (Å²) in [5, 5.41) is 3.61. The molecule has 0 saturated carbocycles. The molecule has 1 N–H and O–H groups in total. The Morgan fingerprint density at radius 2 is 1.04 bits per heavy atom. The molecule has 0 aliphatic heterocycles. The fraction of sp³-hybridized carbons (Fsp3) is 0.880. The van der Waals surface area contributed by atoms with Crippen molar-refractivity contribution in [3.8, 4) is 0 Å².